The molecule has 0 amide bonds. The van der Waals surface area contributed by atoms with Crippen LogP contribution in [0.15, 0.2) is 0 Å². The van der Waals surface area contributed by atoms with Crippen LogP contribution in [0.1, 0.15) is 67.7 Å². The van der Waals surface area contributed by atoms with Crippen LogP contribution in [0.2, 0.25) is 0 Å². The molecule has 1 heteroatoms. The van der Waals surface area contributed by atoms with E-state index in [0.717, 1.165) is 19.3 Å². The summed E-state index contributed by atoms with van der Waals surface area (Å²) in [4.78, 5) is 0. The van der Waals surface area contributed by atoms with E-state index in [2.05, 4.69) is 48.5 Å². The fraction of sp³-hybridized carbons (Fsp3) is 1.00. The molecule has 15 heavy (non-hydrogen) atoms. The van der Waals surface area contributed by atoms with E-state index in [9.17, 15) is 5.11 Å². The van der Waals surface area contributed by atoms with Crippen molar-refractivity contribution in [1.82, 2.24) is 0 Å². The quantitative estimate of drug-likeness (QED) is 0.725. The molecule has 1 atom stereocenters. The van der Waals surface area contributed by atoms with Gasteiger partial charge in [-0.2, -0.15) is 0 Å². The van der Waals surface area contributed by atoms with Gasteiger partial charge < -0.3 is 5.11 Å². The molecular weight excluding hydrogens is 184 g/mol. The first-order valence-electron chi connectivity index (χ1n) is 6.23. The van der Waals surface area contributed by atoms with Crippen molar-refractivity contribution < 1.29 is 5.11 Å². The minimum absolute atomic E-state index is 0.137. The number of aliphatic hydroxyl groups excluding tert-OH is 1. The van der Waals surface area contributed by atoms with Gasteiger partial charge in [0.25, 0.3) is 0 Å². The highest BCUT2D eigenvalue weighted by atomic mass is 16.3. The average molecular weight is 214 g/mol. The summed E-state index contributed by atoms with van der Waals surface area (Å²) in [5, 5.41) is 10.00. The lowest BCUT2D eigenvalue weighted by Crippen LogP contribution is -2.26. The number of hydrogen-bond donors (Lipinski definition) is 1. The van der Waals surface area contributed by atoms with Gasteiger partial charge in [-0.15, -0.1) is 0 Å². The minimum atomic E-state index is -0.137. The van der Waals surface area contributed by atoms with Gasteiger partial charge in [0.15, 0.2) is 0 Å². The summed E-state index contributed by atoms with van der Waals surface area (Å²) in [5.41, 5.74) is 0.584. The van der Waals surface area contributed by atoms with Crippen molar-refractivity contribution >= 4 is 0 Å². The Bertz CT molecular complexity index is 174. The van der Waals surface area contributed by atoms with Crippen LogP contribution in [0.4, 0.5) is 0 Å². The third-order valence-electron chi connectivity index (χ3n) is 3.55. The Morgan fingerprint density at radius 3 is 1.80 bits per heavy atom. The van der Waals surface area contributed by atoms with Gasteiger partial charge in [0.2, 0.25) is 0 Å². The first kappa shape index (κ1) is 15.0. The third-order valence-corrected chi connectivity index (χ3v) is 3.55. The SMILES string of the molecule is CC(C)C(C)(C)CC(O)CCC(C)(C)C. The molecule has 1 nitrogen and oxygen atoms in total. The van der Waals surface area contributed by atoms with Gasteiger partial charge in [0, 0.05) is 0 Å². The molecule has 1 N–H and O–H groups in total. The minimum Gasteiger partial charge on any atom is -0.393 e. The summed E-state index contributed by atoms with van der Waals surface area (Å²) in [6.07, 6.45) is 2.81. The molecular formula is C14H30O. The van der Waals surface area contributed by atoms with Gasteiger partial charge in [-0.1, -0.05) is 48.5 Å². The maximum atomic E-state index is 10.00. The molecule has 0 saturated carbocycles. The van der Waals surface area contributed by atoms with Crippen molar-refractivity contribution in [3.05, 3.63) is 0 Å². The predicted molar refractivity (Wildman–Crippen MR) is 67.9 cm³/mol. The van der Waals surface area contributed by atoms with Gasteiger partial charge in [-0.25, -0.2) is 0 Å². The smallest absolute Gasteiger partial charge is 0.0545 e. The molecule has 0 radical (unpaired) electrons. The molecule has 0 saturated heterocycles. The van der Waals surface area contributed by atoms with E-state index in [1.165, 1.54) is 0 Å². The monoisotopic (exact) mass is 214 g/mol. The van der Waals surface area contributed by atoms with E-state index < -0.39 is 0 Å². The fourth-order valence-electron chi connectivity index (χ4n) is 1.54. The van der Waals surface area contributed by atoms with E-state index >= 15 is 0 Å². The topological polar surface area (TPSA) is 20.2 Å². The van der Waals surface area contributed by atoms with E-state index in [4.69, 9.17) is 0 Å². The van der Waals surface area contributed by atoms with Crippen LogP contribution in [0, 0.1) is 16.7 Å². The number of aliphatic hydroxyl groups is 1. The third kappa shape index (κ3) is 6.94. The largest absolute Gasteiger partial charge is 0.393 e. The van der Waals surface area contributed by atoms with Crippen LogP contribution >= 0.6 is 0 Å². The summed E-state index contributed by atoms with van der Waals surface area (Å²) in [7, 11) is 0. The highest BCUT2D eigenvalue weighted by molar-refractivity contribution is 4.77. The van der Waals surface area contributed by atoms with Crippen molar-refractivity contribution in [1.29, 1.82) is 0 Å². The molecule has 0 aromatic rings. The molecule has 0 aromatic carbocycles. The van der Waals surface area contributed by atoms with Crippen LogP contribution in [0.25, 0.3) is 0 Å². The van der Waals surface area contributed by atoms with Crippen LogP contribution in [-0.2, 0) is 0 Å². The summed E-state index contributed by atoms with van der Waals surface area (Å²) >= 11 is 0. The van der Waals surface area contributed by atoms with Crippen molar-refractivity contribution in [2.24, 2.45) is 16.7 Å². The molecule has 92 valence electrons. The number of hydrogen-bond acceptors (Lipinski definition) is 1. The first-order chi connectivity index (χ1) is 6.54. The lowest BCUT2D eigenvalue weighted by atomic mass is 9.75. The Morgan fingerprint density at radius 2 is 1.47 bits per heavy atom. The van der Waals surface area contributed by atoms with Crippen LogP contribution in [-0.4, -0.2) is 11.2 Å². The van der Waals surface area contributed by atoms with E-state index in [-0.39, 0.29) is 11.5 Å². The lowest BCUT2D eigenvalue weighted by molar-refractivity contribution is 0.0735. The van der Waals surface area contributed by atoms with Gasteiger partial charge in [0.1, 0.15) is 0 Å². The van der Waals surface area contributed by atoms with Gasteiger partial charge in [-0.05, 0) is 36.0 Å². The van der Waals surface area contributed by atoms with E-state index in [1.807, 2.05) is 0 Å². The van der Waals surface area contributed by atoms with Crippen LogP contribution < -0.4 is 0 Å². The predicted octanol–water partition coefficient (Wildman–Crippen LogP) is 4.25. The zero-order chi connectivity index (χ0) is 12.3. The summed E-state index contributed by atoms with van der Waals surface area (Å²) in [6.45, 7) is 15.6. The molecule has 0 spiro atoms. The second-order valence-corrected chi connectivity index (χ2v) is 7.10. The van der Waals surface area contributed by atoms with Crippen molar-refractivity contribution in [2.45, 2.75) is 73.8 Å². The molecule has 0 rings (SSSR count). The molecule has 0 fully saturated rings. The molecule has 0 heterocycles. The Balaban J connectivity index is 3.99. The maximum absolute atomic E-state index is 10.00. The Kier molecular flexibility index (Phi) is 5.32. The molecule has 0 aliphatic rings. The normalized spacial score (nSPS) is 15.8. The second kappa shape index (κ2) is 5.34. The molecule has 0 aliphatic carbocycles. The maximum Gasteiger partial charge on any atom is 0.0545 e. The molecule has 0 bridgehead atoms. The summed E-state index contributed by atoms with van der Waals surface area (Å²) in [5.74, 6) is 0.627. The highest BCUT2D eigenvalue weighted by Crippen LogP contribution is 2.33. The van der Waals surface area contributed by atoms with E-state index in [1.54, 1.807) is 0 Å². The number of rotatable bonds is 5. The zero-order valence-electron chi connectivity index (χ0n) is 11.7. The highest BCUT2D eigenvalue weighted by Gasteiger charge is 2.26. The Hall–Kier alpha value is -0.0400. The van der Waals surface area contributed by atoms with Gasteiger partial charge >= 0.3 is 0 Å². The average Bonchev–Trinajstić information content (AvgIpc) is 1.98. The Morgan fingerprint density at radius 1 is 1.00 bits per heavy atom. The zero-order valence-corrected chi connectivity index (χ0v) is 11.7. The van der Waals surface area contributed by atoms with Crippen molar-refractivity contribution in [2.75, 3.05) is 0 Å². The summed E-state index contributed by atoms with van der Waals surface area (Å²) < 4.78 is 0. The van der Waals surface area contributed by atoms with E-state index in [0.29, 0.717) is 11.3 Å². The lowest BCUT2D eigenvalue weighted by Gasteiger charge is -2.32. The molecule has 0 aliphatic heterocycles. The standard InChI is InChI=1S/C14H30O/c1-11(2)14(6,7)10-12(15)8-9-13(3,4)5/h11-12,15H,8-10H2,1-7H3. The second-order valence-electron chi connectivity index (χ2n) is 7.10. The first-order valence-corrected chi connectivity index (χ1v) is 6.23. The summed E-state index contributed by atoms with van der Waals surface area (Å²) in [6, 6.07) is 0. The van der Waals surface area contributed by atoms with Gasteiger partial charge in [-0.3, -0.25) is 0 Å². The van der Waals surface area contributed by atoms with Gasteiger partial charge in [0.05, 0.1) is 6.10 Å². The van der Waals surface area contributed by atoms with Crippen LogP contribution in [0.5, 0.6) is 0 Å². The van der Waals surface area contributed by atoms with Crippen LogP contribution in [0.3, 0.4) is 0 Å². The van der Waals surface area contributed by atoms with Crippen molar-refractivity contribution in [3.8, 4) is 0 Å². The Labute approximate surface area is 96.3 Å². The molecule has 0 aromatic heterocycles. The molecule has 1 unspecified atom stereocenters. The van der Waals surface area contributed by atoms with Crippen molar-refractivity contribution in [3.63, 3.8) is 0 Å². The fourth-order valence-corrected chi connectivity index (χ4v) is 1.54.